The maximum atomic E-state index is 12.7. The number of carbonyl (C=O) groups excluding carboxylic acids is 2. The molecular weight excluding hydrogens is 554 g/mol. The summed E-state index contributed by atoms with van der Waals surface area (Å²) >= 11 is 8.63. The molecule has 7 nitrogen and oxygen atoms in total. The topological polar surface area (TPSA) is 88.7 Å². The van der Waals surface area contributed by atoms with E-state index in [0.29, 0.717) is 30.1 Å². The summed E-state index contributed by atoms with van der Waals surface area (Å²) in [6, 6.07) is 22.6. The van der Waals surface area contributed by atoms with Gasteiger partial charge in [-0.2, -0.15) is 0 Å². The van der Waals surface area contributed by atoms with Gasteiger partial charge >= 0.3 is 0 Å². The molecule has 2 amide bonds. The molecule has 0 aliphatic heterocycles. The first-order chi connectivity index (χ1) is 17.6. The predicted octanol–water partition coefficient (Wildman–Crippen LogP) is 5.08. The number of nitrogens with one attached hydrogen (secondary N) is 3. The highest BCUT2D eigenvalue weighted by molar-refractivity contribution is 9.10. The van der Waals surface area contributed by atoms with Gasteiger partial charge in [-0.3, -0.25) is 25.8 Å². The minimum Gasteiger partial charge on any atom is -0.492 e. The molecule has 0 heterocycles. The molecule has 3 aromatic rings. The molecule has 3 N–H and O–H groups in total. The SMILES string of the molecule is CC(C)(C)c1ccc(OCC(=O)NNC(=S)NC(=O)c2ccccc2OCCc2ccccc2)c(Br)c1. The largest absolute Gasteiger partial charge is 0.492 e. The maximum Gasteiger partial charge on any atom is 0.276 e. The standard InChI is InChI=1S/C28H30BrN3O4S/c1-28(2,3)20-13-14-24(22(29)17-20)36-18-25(33)31-32-27(37)30-26(34)21-11-7-8-12-23(21)35-16-15-19-9-5-4-6-10-19/h4-14,17H,15-16,18H2,1-3H3,(H,31,33)(H2,30,32,34,37). The average molecular weight is 585 g/mol. The molecule has 0 aromatic heterocycles. The van der Waals surface area contributed by atoms with Crippen molar-refractivity contribution in [2.75, 3.05) is 13.2 Å². The number of carbonyl (C=O) groups is 2. The number of hydrogen-bond acceptors (Lipinski definition) is 5. The Morgan fingerprint density at radius 3 is 2.30 bits per heavy atom. The van der Waals surface area contributed by atoms with Gasteiger partial charge in [-0.25, -0.2) is 0 Å². The van der Waals surface area contributed by atoms with E-state index >= 15 is 0 Å². The Morgan fingerprint density at radius 2 is 1.59 bits per heavy atom. The van der Waals surface area contributed by atoms with Crippen LogP contribution in [-0.4, -0.2) is 30.1 Å². The van der Waals surface area contributed by atoms with Gasteiger partial charge in [0.2, 0.25) is 0 Å². The van der Waals surface area contributed by atoms with E-state index < -0.39 is 11.8 Å². The fourth-order valence-electron chi connectivity index (χ4n) is 3.30. The third-order valence-corrected chi connectivity index (χ3v) is 6.15. The second-order valence-corrected chi connectivity index (χ2v) is 10.5. The lowest BCUT2D eigenvalue weighted by Gasteiger charge is -2.20. The lowest BCUT2D eigenvalue weighted by atomic mass is 9.87. The molecule has 194 valence electrons. The van der Waals surface area contributed by atoms with E-state index in [0.717, 1.165) is 15.6 Å². The van der Waals surface area contributed by atoms with Gasteiger partial charge in [-0.1, -0.05) is 69.3 Å². The average Bonchev–Trinajstić information content (AvgIpc) is 2.87. The molecule has 0 saturated heterocycles. The molecule has 0 bridgehead atoms. The molecule has 37 heavy (non-hydrogen) atoms. The van der Waals surface area contributed by atoms with Crippen molar-refractivity contribution in [3.63, 3.8) is 0 Å². The summed E-state index contributed by atoms with van der Waals surface area (Å²) in [6.07, 6.45) is 0.710. The van der Waals surface area contributed by atoms with E-state index in [-0.39, 0.29) is 17.1 Å². The van der Waals surface area contributed by atoms with Crippen LogP contribution in [0.1, 0.15) is 42.3 Å². The van der Waals surface area contributed by atoms with E-state index in [1.807, 2.05) is 48.5 Å². The highest BCUT2D eigenvalue weighted by Gasteiger charge is 2.16. The van der Waals surface area contributed by atoms with E-state index in [2.05, 4.69) is 52.9 Å². The zero-order chi connectivity index (χ0) is 26.8. The lowest BCUT2D eigenvalue weighted by molar-refractivity contribution is -0.123. The molecule has 0 saturated carbocycles. The minimum absolute atomic E-state index is 0.00270. The summed E-state index contributed by atoms with van der Waals surface area (Å²) in [5.74, 6) is 0.0661. The second-order valence-electron chi connectivity index (χ2n) is 9.22. The van der Waals surface area contributed by atoms with Gasteiger partial charge in [0, 0.05) is 6.42 Å². The summed E-state index contributed by atoms with van der Waals surface area (Å²) in [6.45, 7) is 6.53. The van der Waals surface area contributed by atoms with Crippen molar-refractivity contribution in [1.29, 1.82) is 0 Å². The van der Waals surface area contributed by atoms with E-state index in [1.165, 1.54) is 0 Å². The van der Waals surface area contributed by atoms with Crippen LogP contribution < -0.4 is 25.6 Å². The number of hydrazine groups is 1. The van der Waals surface area contributed by atoms with Crippen LogP contribution in [0.3, 0.4) is 0 Å². The minimum atomic E-state index is -0.465. The molecular formula is C28H30BrN3O4S. The molecule has 3 aromatic carbocycles. The number of amides is 2. The van der Waals surface area contributed by atoms with Gasteiger partial charge in [0.25, 0.3) is 11.8 Å². The molecule has 9 heteroatoms. The van der Waals surface area contributed by atoms with Crippen LogP contribution in [-0.2, 0) is 16.6 Å². The molecule has 0 unspecified atom stereocenters. The first-order valence-corrected chi connectivity index (χ1v) is 12.9. The van der Waals surface area contributed by atoms with Gasteiger partial charge in [-0.05, 0) is 69.0 Å². The van der Waals surface area contributed by atoms with Crippen molar-refractivity contribution >= 4 is 45.1 Å². The normalized spacial score (nSPS) is 10.8. The van der Waals surface area contributed by atoms with Crippen molar-refractivity contribution in [3.05, 3.63) is 94.0 Å². The molecule has 0 atom stereocenters. The number of benzene rings is 3. The number of hydrogen-bond donors (Lipinski definition) is 3. The van der Waals surface area contributed by atoms with Gasteiger partial charge in [0.1, 0.15) is 11.5 Å². The number of ether oxygens (including phenoxy) is 2. The fraction of sp³-hybridized carbons (Fsp3) is 0.250. The second kappa shape index (κ2) is 13.2. The van der Waals surface area contributed by atoms with E-state index in [1.54, 1.807) is 24.3 Å². The van der Waals surface area contributed by atoms with E-state index in [4.69, 9.17) is 21.7 Å². The number of thiocarbonyl (C=S) groups is 1. The summed E-state index contributed by atoms with van der Waals surface area (Å²) in [5.41, 5.74) is 7.54. The number of halogens is 1. The molecule has 0 aliphatic rings. The third kappa shape index (κ3) is 8.87. The Hall–Kier alpha value is -3.43. The molecule has 0 radical (unpaired) electrons. The highest BCUT2D eigenvalue weighted by atomic mass is 79.9. The molecule has 0 fully saturated rings. The highest BCUT2D eigenvalue weighted by Crippen LogP contribution is 2.31. The maximum absolute atomic E-state index is 12.7. The van der Waals surface area contributed by atoms with Crippen molar-refractivity contribution in [2.24, 2.45) is 0 Å². The van der Waals surface area contributed by atoms with Crippen LogP contribution in [0.4, 0.5) is 0 Å². The zero-order valence-corrected chi connectivity index (χ0v) is 23.4. The van der Waals surface area contributed by atoms with Crippen molar-refractivity contribution in [2.45, 2.75) is 32.6 Å². The molecule has 0 spiro atoms. The van der Waals surface area contributed by atoms with Gasteiger partial charge in [0.15, 0.2) is 11.7 Å². The first-order valence-electron chi connectivity index (χ1n) is 11.7. The van der Waals surface area contributed by atoms with Crippen LogP contribution in [0.5, 0.6) is 11.5 Å². The lowest BCUT2D eigenvalue weighted by Crippen LogP contribution is -2.49. The van der Waals surface area contributed by atoms with Gasteiger partial charge in [0.05, 0.1) is 16.6 Å². The van der Waals surface area contributed by atoms with Crippen LogP contribution in [0.25, 0.3) is 0 Å². The predicted molar refractivity (Wildman–Crippen MR) is 152 cm³/mol. The van der Waals surface area contributed by atoms with Crippen LogP contribution in [0.15, 0.2) is 77.3 Å². The van der Waals surface area contributed by atoms with Crippen molar-refractivity contribution in [3.8, 4) is 11.5 Å². The van der Waals surface area contributed by atoms with Crippen molar-refractivity contribution in [1.82, 2.24) is 16.2 Å². The number of rotatable bonds is 8. The quantitative estimate of drug-likeness (QED) is 0.253. The summed E-state index contributed by atoms with van der Waals surface area (Å²) in [4.78, 5) is 24.9. The summed E-state index contributed by atoms with van der Waals surface area (Å²) in [7, 11) is 0. The Balaban J connectivity index is 1.45. The first kappa shape index (κ1) is 28.1. The van der Waals surface area contributed by atoms with Crippen LogP contribution >= 0.6 is 28.1 Å². The monoisotopic (exact) mass is 583 g/mol. The Labute approximate surface area is 231 Å². The summed E-state index contributed by atoms with van der Waals surface area (Å²) in [5, 5.41) is 2.48. The molecule has 0 aliphatic carbocycles. The Kier molecular flexibility index (Phi) is 10.0. The van der Waals surface area contributed by atoms with Crippen LogP contribution in [0.2, 0.25) is 0 Å². The third-order valence-electron chi connectivity index (χ3n) is 5.32. The van der Waals surface area contributed by atoms with Crippen molar-refractivity contribution < 1.29 is 19.1 Å². The smallest absolute Gasteiger partial charge is 0.276 e. The summed E-state index contributed by atoms with van der Waals surface area (Å²) < 4.78 is 12.2. The Morgan fingerprint density at radius 1 is 0.892 bits per heavy atom. The zero-order valence-electron chi connectivity index (χ0n) is 21.0. The molecule has 3 rings (SSSR count). The fourth-order valence-corrected chi connectivity index (χ4v) is 3.93. The van der Waals surface area contributed by atoms with Gasteiger partial charge < -0.3 is 9.47 Å². The Bertz CT molecular complexity index is 1250. The number of para-hydroxylation sites is 1. The van der Waals surface area contributed by atoms with Gasteiger partial charge in [-0.15, -0.1) is 0 Å². The van der Waals surface area contributed by atoms with Crippen LogP contribution in [0, 0.1) is 0 Å². The van der Waals surface area contributed by atoms with E-state index in [9.17, 15) is 9.59 Å².